The number of carbonyl (C=O) groups is 2. The number of hydrogen-bond acceptors (Lipinski definition) is 4. The molecule has 1 aromatic carbocycles. The van der Waals surface area contributed by atoms with Crippen molar-refractivity contribution >= 4 is 33.4 Å². The van der Waals surface area contributed by atoms with Crippen molar-refractivity contribution in [2.75, 3.05) is 26.2 Å². The Balaban J connectivity index is 1.34. The fraction of sp³-hybridized carbons (Fsp3) is 0.526. The number of piperidine rings is 2. The van der Waals surface area contributed by atoms with E-state index in [-0.39, 0.29) is 18.4 Å². The molecule has 0 atom stereocenters. The Kier molecular flexibility index (Phi) is 4.70. The third kappa shape index (κ3) is 3.54. The third-order valence-corrected chi connectivity index (χ3v) is 6.45. The molecule has 2 saturated heterocycles. The van der Waals surface area contributed by atoms with Gasteiger partial charge in [-0.3, -0.25) is 9.59 Å². The zero-order chi connectivity index (χ0) is 17.2. The van der Waals surface area contributed by atoms with Crippen molar-refractivity contribution in [1.29, 1.82) is 0 Å². The molecule has 2 fully saturated rings. The van der Waals surface area contributed by atoms with Crippen molar-refractivity contribution < 1.29 is 9.59 Å². The fourth-order valence-electron chi connectivity index (χ4n) is 3.73. The Bertz CT molecular complexity index is 747. The SMILES string of the molecule is O=C(CN1CCCCC1=O)N1CCC(c2nc3ccccc3s2)CC1. The summed E-state index contributed by atoms with van der Waals surface area (Å²) in [6.45, 7) is 2.51. The number of hydrogen-bond donors (Lipinski definition) is 0. The molecule has 5 nitrogen and oxygen atoms in total. The molecule has 0 bridgehead atoms. The summed E-state index contributed by atoms with van der Waals surface area (Å²) in [5.41, 5.74) is 1.07. The van der Waals surface area contributed by atoms with Crippen LogP contribution < -0.4 is 0 Å². The number of amides is 2. The van der Waals surface area contributed by atoms with Crippen LogP contribution in [0.4, 0.5) is 0 Å². The molecule has 1 aromatic heterocycles. The topological polar surface area (TPSA) is 53.5 Å². The molecule has 132 valence electrons. The van der Waals surface area contributed by atoms with Crippen molar-refractivity contribution in [1.82, 2.24) is 14.8 Å². The molecule has 0 spiro atoms. The molecule has 25 heavy (non-hydrogen) atoms. The van der Waals surface area contributed by atoms with Gasteiger partial charge in [-0.1, -0.05) is 12.1 Å². The van der Waals surface area contributed by atoms with Gasteiger partial charge in [0.2, 0.25) is 11.8 Å². The van der Waals surface area contributed by atoms with E-state index in [1.807, 2.05) is 17.0 Å². The highest BCUT2D eigenvalue weighted by molar-refractivity contribution is 7.18. The highest BCUT2D eigenvalue weighted by Gasteiger charge is 2.28. The average Bonchev–Trinajstić information content (AvgIpc) is 3.08. The summed E-state index contributed by atoms with van der Waals surface area (Å²) in [6, 6.07) is 8.25. The number of aromatic nitrogens is 1. The van der Waals surface area contributed by atoms with E-state index in [4.69, 9.17) is 4.98 Å². The Morgan fingerprint density at radius 3 is 2.72 bits per heavy atom. The second-order valence-electron chi connectivity index (χ2n) is 6.95. The number of para-hydroxylation sites is 1. The Morgan fingerprint density at radius 2 is 1.96 bits per heavy atom. The Labute approximate surface area is 151 Å². The van der Waals surface area contributed by atoms with Crippen LogP contribution in [0.5, 0.6) is 0 Å². The lowest BCUT2D eigenvalue weighted by molar-refractivity contribution is -0.142. The molecule has 2 aliphatic heterocycles. The maximum Gasteiger partial charge on any atom is 0.242 e. The average molecular weight is 357 g/mol. The molecule has 2 amide bonds. The van der Waals surface area contributed by atoms with Gasteiger partial charge < -0.3 is 9.80 Å². The summed E-state index contributed by atoms with van der Waals surface area (Å²) < 4.78 is 1.24. The number of carbonyl (C=O) groups excluding carboxylic acids is 2. The second kappa shape index (κ2) is 7.12. The van der Waals surface area contributed by atoms with Gasteiger partial charge in [0, 0.05) is 32.0 Å². The van der Waals surface area contributed by atoms with Crippen LogP contribution in [0.15, 0.2) is 24.3 Å². The first-order chi connectivity index (χ1) is 12.2. The van der Waals surface area contributed by atoms with Crippen LogP contribution in [-0.4, -0.2) is 52.8 Å². The van der Waals surface area contributed by atoms with Gasteiger partial charge >= 0.3 is 0 Å². The van der Waals surface area contributed by atoms with Gasteiger partial charge in [0.15, 0.2) is 0 Å². The van der Waals surface area contributed by atoms with Crippen molar-refractivity contribution in [2.24, 2.45) is 0 Å². The molecule has 0 saturated carbocycles. The Morgan fingerprint density at radius 1 is 1.16 bits per heavy atom. The molecular weight excluding hydrogens is 334 g/mol. The van der Waals surface area contributed by atoms with Gasteiger partial charge in [-0.05, 0) is 37.8 Å². The molecule has 6 heteroatoms. The van der Waals surface area contributed by atoms with E-state index in [0.717, 1.165) is 50.8 Å². The maximum absolute atomic E-state index is 12.5. The van der Waals surface area contributed by atoms with Crippen LogP contribution in [0.25, 0.3) is 10.2 Å². The van der Waals surface area contributed by atoms with Gasteiger partial charge in [-0.25, -0.2) is 4.98 Å². The number of fused-ring (bicyclic) bond motifs is 1. The lowest BCUT2D eigenvalue weighted by Gasteiger charge is -2.34. The van der Waals surface area contributed by atoms with Crippen LogP contribution >= 0.6 is 11.3 Å². The van der Waals surface area contributed by atoms with Crippen molar-refractivity contribution in [2.45, 2.75) is 38.0 Å². The number of nitrogens with zero attached hydrogens (tertiary/aromatic N) is 3. The predicted octanol–water partition coefficient (Wildman–Crippen LogP) is 3.01. The van der Waals surface area contributed by atoms with Crippen LogP contribution in [0.3, 0.4) is 0 Å². The zero-order valence-electron chi connectivity index (χ0n) is 14.3. The normalized spacial score (nSPS) is 19.6. The minimum Gasteiger partial charge on any atom is -0.341 e. The number of thiazole rings is 1. The smallest absolute Gasteiger partial charge is 0.242 e. The van der Waals surface area contributed by atoms with Crippen molar-refractivity contribution in [3.63, 3.8) is 0 Å². The molecule has 4 rings (SSSR count). The number of likely N-dealkylation sites (tertiary alicyclic amines) is 2. The van der Waals surface area contributed by atoms with Crippen LogP contribution in [0.1, 0.15) is 43.0 Å². The number of benzene rings is 1. The molecule has 0 radical (unpaired) electrons. The van der Waals surface area contributed by atoms with E-state index in [1.165, 1.54) is 9.71 Å². The van der Waals surface area contributed by atoms with Gasteiger partial charge in [0.1, 0.15) is 0 Å². The van der Waals surface area contributed by atoms with Crippen molar-refractivity contribution in [3.05, 3.63) is 29.3 Å². The summed E-state index contributed by atoms with van der Waals surface area (Å²) >= 11 is 1.77. The molecule has 0 aliphatic carbocycles. The maximum atomic E-state index is 12.5. The minimum absolute atomic E-state index is 0.0954. The standard InChI is InChI=1S/C19H23N3O2S/c23-17-7-3-4-10-22(17)13-18(24)21-11-8-14(9-12-21)19-20-15-5-1-2-6-16(15)25-19/h1-2,5-6,14H,3-4,7-13H2. The van der Waals surface area contributed by atoms with Gasteiger partial charge in [-0.2, -0.15) is 0 Å². The van der Waals surface area contributed by atoms with Crippen LogP contribution in [0.2, 0.25) is 0 Å². The summed E-state index contributed by atoms with van der Waals surface area (Å²) in [6.07, 6.45) is 4.47. The van der Waals surface area contributed by atoms with E-state index in [0.29, 0.717) is 12.3 Å². The lowest BCUT2D eigenvalue weighted by Crippen LogP contribution is -2.46. The van der Waals surface area contributed by atoms with Gasteiger partial charge in [-0.15, -0.1) is 11.3 Å². The number of rotatable bonds is 3. The highest BCUT2D eigenvalue weighted by atomic mass is 32.1. The Hall–Kier alpha value is -1.95. The molecular formula is C19H23N3O2S. The fourth-order valence-corrected chi connectivity index (χ4v) is 4.87. The van der Waals surface area contributed by atoms with E-state index in [2.05, 4.69) is 12.1 Å². The lowest BCUT2D eigenvalue weighted by atomic mass is 9.97. The first-order valence-corrected chi connectivity index (χ1v) is 9.93. The van der Waals surface area contributed by atoms with E-state index >= 15 is 0 Å². The van der Waals surface area contributed by atoms with Gasteiger partial charge in [0.25, 0.3) is 0 Å². The predicted molar refractivity (Wildman–Crippen MR) is 98.6 cm³/mol. The first-order valence-electron chi connectivity index (χ1n) is 9.12. The molecule has 3 heterocycles. The van der Waals surface area contributed by atoms with Crippen LogP contribution in [-0.2, 0) is 9.59 Å². The monoisotopic (exact) mass is 357 g/mol. The van der Waals surface area contributed by atoms with Crippen molar-refractivity contribution in [3.8, 4) is 0 Å². The second-order valence-corrected chi connectivity index (χ2v) is 8.01. The molecule has 2 aromatic rings. The van der Waals surface area contributed by atoms with Gasteiger partial charge in [0.05, 0.1) is 21.8 Å². The van der Waals surface area contributed by atoms with E-state index in [1.54, 1.807) is 16.2 Å². The summed E-state index contributed by atoms with van der Waals surface area (Å²) in [7, 11) is 0. The third-order valence-electron chi connectivity index (χ3n) is 5.25. The largest absolute Gasteiger partial charge is 0.341 e. The zero-order valence-corrected chi connectivity index (χ0v) is 15.1. The van der Waals surface area contributed by atoms with E-state index < -0.39 is 0 Å². The first kappa shape index (κ1) is 16.5. The summed E-state index contributed by atoms with van der Waals surface area (Å²) in [5.74, 6) is 0.667. The molecule has 2 aliphatic rings. The van der Waals surface area contributed by atoms with E-state index in [9.17, 15) is 9.59 Å². The highest BCUT2D eigenvalue weighted by Crippen LogP contribution is 2.33. The minimum atomic E-state index is 0.0954. The summed E-state index contributed by atoms with van der Waals surface area (Å²) in [5, 5.41) is 1.19. The molecule has 0 N–H and O–H groups in total. The molecule has 0 unspecified atom stereocenters. The van der Waals surface area contributed by atoms with Crippen LogP contribution in [0, 0.1) is 0 Å². The quantitative estimate of drug-likeness (QED) is 0.848. The summed E-state index contributed by atoms with van der Waals surface area (Å²) in [4.78, 5) is 32.8.